The van der Waals surface area contributed by atoms with Crippen LogP contribution in [0.3, 0.4) is 0 Å². The highest BCUT2D eigenvalue weighted by atomic mass is 32.1. The molecule has 0 spiro atoms. The molecule has 10 nitrogen and oxygen atoms in total. The van der Waals surface area contributed by atoms with Gasteiger partial charge in [0, 0.05) is 42.0 Å². The molecule has 5 rings (SSSR count). The molecule has 0 saturated carbocycles. The number of amides is 1. The summed E-state index contributed by atoms with van der Waals surface area (Å²) in [4.78, 5) is 40.2. The van der Waals surface area contributed by atoms with Crippen LogP contribution in [0.4, 0.5) is 17.5 Å². The predicted octanol–water partition coefficient (Wildman–Crippen LogP) is 3.67. The maximum Gasteiger partial charge on any atom is 0.251 e. The van der Waals surface area contributed by atoms with Gasteiger partial charge in [0.1, 0.15) is 11.8 Å². The number of hydrogen-bond acceptors (Lipinski definition) is 10. The van der Waals surface area contributed by atoms with Crippen LogP contribution >= 0.6 is 11.3 Å². The topological polar surface area (TPSA) is 119 Å². The summed E-state index contributed by atoms with van der Waals surface area (Å²) in [7, 11) is 3.18. The summed E-state index contributed by atoms with van der Waals surface area (Å²) in [5.41, 5.74) is 4.25. The second-order valence-corrected chi connectivity index (χ2v) is 9.05. The Morgan fingerprint density at radius 2 is 1.92 bits per heavy atom. The predicted molar refractivity (Wildman–Crippen MR) is 138 cm³/mol. The lowest BCUT2D eigenvalue weighted by atomic mass is 10.1. The first-order chi connectivity index (χ1) is 17.6. The summed E-state index contributed by atoms with van der Waals surface area (Å²) in [5, 5.41) is 6.40. The normalized spacial score (nSPS) is 15.1. The van der Waals surface area contributed by atoms with Crippen molar-refractivity contribution >= 4 is 51.3 Å². The quantitative estimate of drug-likeness (QED) is 0.347. The number of methoxy groups -OCH3 is 2. The van der Waals surface area contributed by atoms with Crippen molar-refractivity contribution in [3.63, 3.8) is 0 Å². The van der Waals surface area contributed by atoms with Gasteiger partial charge in [-0.3, -0.25) is 9.59 Å². The molecular formula is C25H24N6O4S. The minimum absolute atomic E-state index is 0.0498. The average molecular weight is 505 g/mol. The Morgan fingerprint density at radius 3 is 2.67 bits per heavy atom. The number of hydrogen-bond donors (Lipinski definition) is 2. The molecule has 2 aromatic heterocycles. The molecule has 1 saturated heterocycles. The Bertz CT molecular complexity index is 1410. The van der Waals surface area contributed by atoms with E-state index in [9.17, 15) is 9.59 Å². The summed E-state index contributed by atoms with van der Waals surface area (Å²) in [6.45, 7) is 1.29. The van der Waals surface area contributed by atoms with E-state index in [1.54, 1.807) is 44.0 Å². The molecule has 1 aliphatic rings. The zero-order valence-corrected chi connectivity index (χ0v) is 20.5. The third-order valence-electron chi connectivity index (χ3n) is 5.95. The number of fused-ring (bicyclic) bond motifs is 1. The Kier molecular flexibility index (Phi) is 6.63. The largest absolute Gasteiger partial charge is 0.493 e. The molecule has 1 fully saturated rings. The first-order valence-corrected chi connectivity index (χ1v) is 12.2. The van der Waals surface area contributed by atoms with Crippen LogP contribution < -0.4 is 25.0 Å². The van der Waals surface area contributed by atoms with Crippen LogP contribution in [0.25, 0.3) is 10.3 Å². The first kappa shape index (κ1) is 23.5. The SMILES string of the molecule is COc1ccc(Nc2nc(N3CCC(NC(=O)c4ccc(C=O)cc4)C3)nc3scnc23)cc1OC. The van der Waals surface area contributed by atoms with Crippen molar-refractivity contribution in [1.82, 2.24) is 20.3 Å². The van der Waals surface area contributed by atoms with Crippen LogP contribution in [0.15, 0.2) is 48.0 Å². The number of carbonyl (C=O) groups excluding carboxylic acids is 2. The molecule has 0 aliphatic carbocycles. The summed E-state index contributed by atoms with van der Waals surface area (Å²) in [5.74, 6) is 2.22. The fraction of sp³-hybridized carbons (Fsp3) is 0.240. The third kappa shape index (κ3) is 4.78. The van der Waals surface area contributed by atoms with Gasteiger partial charge in [0.15, 0.2) is 22.1 Å². The molecule has 2 N–H and O–H groups in total. The molecule has 1 atom stereocenters. The summed E-state index contributed by atoms with van der Waals surface area (Å²) >= 11 is 1.44. The van der Waals surface area contributed by atoms with E-state index >= 15 is 0 Å². The van der Waals surface area contributed by atoms with Gasteiger partial charge in [-0.25, -0.2) is 4.98 Å². The maximum atomic E-state index is 12.7. The van der Waals surface area contributed by atoms with E-state index in [0.29, 0.717) is 53.0 Å². The Labute approximate surface area is 211 Å². The molecule has 36 heavy (non-hydrogen) atoms. The van der Waals surface area contributed by atoms with Crippen LogP contribution in [-0.2, 0) is 0 Å². The first-order valence-electron chi connectivity index (χ1n) is 11.3. The van der Waals surface area contributed by atoms with Crippen molar-refractivity contribution in [2.45, 2.75) is 12.5 Å². The minimum atomic E-state index is -0.172. The van der Waals surface area contributed by atoms with E-state index in [4.69, 9.17) is 19.4 Å². The van der Waals surface area contributed by atoms with Gasteiger partial charge in [-0.15, -0.1) is 11.3 Å². The van der Waals surface area contributed by atoms with E-state index in [0.717, 1.165) is 23.2 Å². The zero-order valence-electron chi connectivity index (χ0n) is 19.7. The molecule has 1 amide bonds. The van der Waals surface area contributed by atoms with Crippen molar-refractivity contribution in [3.8, 4) is 11.5 Å². The van der Waals surface area contributed by atoms with E-state index in [-0.39, 0.29) is 11.9 Å². The fourth-order valence-electron chi connectivity index (χ4n) is 4.07. The Balaban J connectivity index is 1.33. The average Bonchev–Trinajstić information content (AvgIpc) is 3.58. The lowest BCUT2D eigenvalue weighted by Crippen LogP contribution is -2.37. The standard InChI is InChI=1S/C25H24N6O4S/c1-34-19-8-7-17(11-20(19)35-2)27-22-21-24(36-14-26-21)30-25(29-22)31-10-9-18(12-31)28-23(33)16-5-3-15(13-32)4-6-16/h3-8,11,13-14,18H,9-10,12H2,1-2H3,(H,28,33)(H,27,29,30). The molecule has 1 unspecified atom stereocenters. The number of aromatic nitrogens is 3. The number of ether oxygens (including phenoxy) is 2. The smallest absolute Gasteiger partial charge is 0.251 e. The Hall–Kier alpha value is -4.25. The molecular weight excluding hydrogens is 480 g/mol. The highest BCUT2D eigenvalue weighted by Gasteiger charge is 2.27. The number of aldehydes is 1. The second kappa shape index (κ2) is 10.2. The molecule has 184 valence electrons. The monoisotopic (exact) mass is 504 g/mol. The van der Waals surface area contributed by atoms with Crippen molar-refractivity contribution in [3.05, 3.63) is 59.1 Å². The number of anilines is 3. The van der Waals surface area contributed by atoms with Crippen LogP contribution in [0.5, 0.6) is 11.5 Å². The fourth-order valence-corrected chi connectivity index (χ4v) is 4.72. The number of thiazole rings is 1. The van der Waals surface area contributed by atoms with Gasteiger partial charge in [0.25, 0.3) is 5.91 Å². The van der Waals surface area contributed by atoms with Gasteiger partial charge in [0.05, 0.1) is 19.7 Å². The molecule has 11 heteroatoms. The number of carbonyl (C=O) groups is 2. The maximum absolute atomic E-state index is 12.7. The van der Waals surface area contributed by atoms with E-state index in [1.165, 1.54) is 11.3 Å². The second-order valence-electron chi connectivity index (χ2n) is 8.22. The van der Waals surface area contributed by atoms with Gasteiger partial charge >= 0.3 is 0 Å². The minimum Gasteiger partial charge on any atom is -0.493 e. The third-order valence-corrected chi connectivity index (χ3v) is 6.67. The number of rotatable bonds is 8. The van der Waals surface area contributed by atoms with Gasteiger partial charge in [0.2, 0.25) is 5.95 Å². The molecule has 0 radical (unpaired) electrons. The number of nitrogens with one attached hydrogen (secondary N) is 2. The molecule has 3 heterocycles. The summed E-state index contributed by atoms with van der Waals surface area (Å²) < 4.78 is 10.7. The van der Waals surface area contributed by atoms with Crippen LogP contribution in [0.2, 0.25) is 0 Å². The zero-order chi connectivity index (χ0) is 25.1. The van der Waals surface area contributed by atoms with Gasteiger partial charge in [-0.1, -0.05) is 12.1 Å². The Morgan fingerprint density at radius 1 is 1.11 bits per heavy atom. The summed E-state index contributed by atoms with van der Waals surface area (Å²) in [6, 6.07) is 12.1. The van der Waals surface area contributed by atoms with Crippen LogP contribution in [0, 0.1) is 0 Å². The highest BCUT2D eigenvalue weighted by molar-refractivity contribution is 7.16. The highest BCUT2D eigenvalue weighted by Crippen LogP contribution is 2.33. The number of nitrogens with zero attached hydrogens (tertiary/aromatic N) is 4. The van der Waals surface area contributed by atoms with Gasteiger partial charge in [-0.2, -0.15) is 9.97 Å². The van der Waals surface area contributed by atoms with Crippen LogP contribution in [0.1, 0.15) is 27.1 Å². The van der Waals surface area contributed by atoms with Crippen molar-refractivity contribution in [2.24, 2.45) is 0 Å². The number of benzene rings is 2. The molecule has 4 aromatic rings. The van der Waals surface area contributed by atoms with Crippen molar-refractivity contribution in [1.29, 1.82) is 0 Å². The van der Waals surface area contributed by atoms with E-state index < -0.39 is 0 Å². The molecule has 1 aliphatic heterocycles. The molecule has 0 bridgehead atoms. The van der Waals surface area contributed by atoms with Crippen molar-refractivity contribution in [2.75, 3.05) is 37.5 Å². The van der Waals surface area contributed by atoms with E-state index in [2.05, 4.69) is 20.5 Å². The van der Waals surface area contributed by atoms with Crippen molar-refractivity contribution < 1.29 is 19.1 Å². The summed E-state index contributed by atoms with van der Waals surface area (Å²) in [6.07, 6.45) is 1.52. The van der Waals surface area contributed by atoms with E-state index in [1.807, 2.05) is 18.2 Å². The molecule has 2 aromatic carbocycles. The lowest BCUT2D eigenvalue weighted by molar-refractivity contribution is 0.0939. The van der Waals surface area contributed by atoms with Crippen LogP contribution in [-0.4, -0.2) is 60.5 Å². The van der Waals surface area contributed by atoms with Gasteiger partial charge in [-0.05, 0) is 30.7 Å². The van der Waals surface area contributed by atoms with Gasteiger partial charge < -0.3 is 25.0 Å². The lowest BCUT2D eigenvalue weighted by Gasteiger charge is -2.18.